The van der Waals surface area contributed by atoms with Crippen LogP contribution < -0.4 is 10.1 Å². The molecule has 1 aliphatic rings. The van der Waals surface area contributed by atoms with Crippen LogP contribution >= 0.6 is 0 Å². The Hall–Kier alpha value is -3.23. The van der Waals surface area contributed by atoms with Gasteiger partial charge in [0.05, 0.1) is 11.1 Å². The molecule has 0 radical (unpaired) electrons. The van der Waals surface area contributed by atoms with Crippen LogP contribution in [0.1, 0.15) is 56.2 Å². The molecule has 1 aliphatic heterocycles. The minimum Gasteiger partial charge on any atom is -0.478 e. The first kappa shape index (κ1) is 27.4. The number of nitrogens with one attached hydrogen (secondary N) is 1. The van der Waals surface area contributed by atoms with Crippen molar-refractivity contribution in [2.75, 3.05) is 13.6 Å². The molecule has 0 aromatic heterocycles. The molecule has 2 atom stereocenters. The highest BCUT2D eigenvalue weighted by Crippen LogP contribution is 2.33. The molecule has 1 heterocycles. The van der Waals surface area contributed by atoms with Gasteiger partial charge in [0.1, 0.15) is 5.75 Å². The smallest absolute Gasteiger partial charge is 0.416 e. The first-order valence-electron chi connectivity index (χ1n) is 12.1. The van der Waals surface area contributed by atoms with Crippen LogP contribution in [0.25, 0.3) is 0 Å². The molecule has 9 heteroatoms. The van der Waals surface area contributed by atoms with Crippen molar-refractivity contribution in [2.45, 2.75) is 69.7 Å². The van der Waals surface area contributed by atoms with Crippen LogP contribution in [0.2, 0.25) is 0 Å². The molecule has 2 aromatic rings. The minimum atomic E-state index is -4.39. The topological polar surface area (TPSA) is 78.9 Å². The molecular weight excluding hydrogens is 473 g/mol. The fraction of sp³-hybridized carbons (Fsp3) is 0.481. The SMILES string of the molecule is CCCC(C)(Oc1ccc(CCCC2(Cc3ccc(C(F)(F)F)cc3)CNC(=O)N2C)cc1)C(=O)O. The minimum absolute atomic E-state index is 0.197. The summed E-state index contributed by atoms with van der Waals surface area (Å²) in [5.74, 6) is -0.517. The summed E-state index contributed by atoms with van der Waals surface area (Å²) in [5, 5.41) is 12.4. The van der Waals surface area contributed by atoms with Crippen LogP contribution in [0, 0.1) is 0 Å². The Morgan fingerprint density at radius 1 is 1.11 bits per heavy atom. The summed E-state index contributed by atoms with van der Waals surface area (Å²) in [5.41, 5.74) is -0.738. The average molecular weight is 507 g/mol. The van der Waals surface area contributed by atoms with Gasteiger partial charge in [-0.2, -0.15) is 13.2 Å². The number of benzene rings is 2. The number of ether oxygens (including phenoxy) is 1. The number of rotatable bonds is 11. The lowest BCUT2D eigenvalue weighted by atomic mass is 9.84. The number of alkyl halides is 3. The van der Waals surface area contributed by atoms with Crippen molar-refractivity contribution >= 4 is 12.0 Å². The molecule has 196 valence electrons. The van der Waals surface area contributed by atoms with E-state index in [1.165, 1.54) is 12.1 Å². The summed E-state index contributed by atoms with van der Waals surface area (Å²) in [6.45, 7) is 3.89. The van der Waals surface area contributed by atoms with Gasteiger partial charge in [-0.05, 0) is 74.4 Å². The molecular formula is C27H33F3N2O4. The first-order valence-corrected chi connectivity index (χ1v) is 12.1. The normalized spacial score (nSPS) is 19.6. The van der Waals surface area contributed by atoms with Crippen molar-refractivity contribution in [3.63, 3.8) is 0 Å². The van der Waals surface area contributed by atoms with E-state index >= 15 is 0 Å². The van der Waals surface area contributed by atoms with Crippen molar-refractivity contribution in [1.82, 2.24) is 10.2 Å². The van der Waals surface area contributed by atoms with Gasteiger partial charge < -0.3 is 20.1 Å². The van der Waals surface area contributed by atoms with Crippen molar-refractivity contribution < 1.29 is 32.6 Å². The fourth-order valence-electron chi connectivity index (χ4n) is 4.69. The average Bonchev–Trinajstić information content (AvgIpc) is 3.09. The van der Waals surface area contributed by atoms with Crippen molar-refractivity contribution in [1.29, 1.82) is 0 Å². The molecule has 2 unspecified atom stereocenters. The molecule has 0 saturated carbocycles. The number of nitrogens with zero attached hydrogens (tertiary/aromatic N) is 1. The zero-order chi connectivity index (χ0) is 26.6. The van der Waals surface area contributed by atoms with E-state index in [0.717, 1.165) is 36.1 Å². The number of urea groups is 1. The highest BCUT2D eigenvalue weighted by Gasteiger charge is 2.43. The third-order valence-electron chi connectivity index (χ3n) is 6.95. The Labute approximate surface area is 209 Å². The van der Waals surface area contributed by atoms with Gasteiger partial charge in [-0.3, -0.25) is 0 Å². The summed E-state index contributed by atoms with van der Waals surface area (Å²) in [6, 6.07) is 12.2. The molecule has 0 aliphatic carbocycles. The maximum Gasteiger partial charge on any atom is 0.416 e. The van der Waals surface area contributed by atoms with Gasteiger partial charge in [0.2, 0.25) is 5.60 Å². The Bertz CT molecular complexity index is 1060. The molecule has 3 rings (SSSR count). The van der Waals surface area contributed by atoms with Crippen LogP contribution in [0.5, 0.6) is 5.75 Å². The van der Waals surface area contributed by atoms with Gasteiger partial charge in [-0.15, -0.1) is 0 Å². The predicted octanol–water partition coefficient (Wildman–Crippen LogP) is 5.69. The second-order valence-corrected chi connectivity index (χ2v) is 9.70. The molecule has 0 spiro atoms. The van der Waals surface area contributed by atoms with Gasteiger partial charge in [0, 0.05) is 13.6 Å². The second-order valence-electron chi connectivity index (χ2n) is 9.70. The standard InChI is InChI=1S/C27H33F3N2O4/c1-4-15-25(2,23(33)34)36-22-13-9-19(10-14-22)6-5-16-26(18-31-24(35)32(26)3)17-20-7-11-21(12-8-20)27(28,29)30/h7-14H,4-6,15-18H2,1-3H3,(H,31,35)(H,33,34). The Morgan fingerprint density at radius 2 is 1.72 bits per heavy atom. The number of aliphatic carboxylic acids is 1. The van der Waals surface area contributed by atoms with Gasteiger partial charge >= 0.3 is 18.2 Å². The van der Waals surface area contributed by atoms with Crippen LogP contribution in [0.15, 0.2) is 48.5 Å². The van der Waals surface area contributed by atoms with Crippen LogP contribution in [0.3, 0.4) is 0 Å². The number of halogens is 3. The van der Waals surface area contributed by atoms with E-state index in [1.807, 2.05) is 19.1 Å². The molecule has 1 fully saturated rings. The summed E-state index contributed by atoms with van der Waals surface area (Å²) in [7, 11) is 1.72. The number of carboxylic acids is 1. The molecule has 1 saturated heterocycles. The molecule has 36 heavy (non-hydrogen) atoms. The van der Waals surface area contributed by atoms with Crippen molar-refractivity contribution in [3.8, 4) is 5.75 Å². The van der Waals surface area contributed by atoms with Crippen LogP contribution in [0.4, 0.5) is 18.0 Å². The maximum atomic E-state index is 12.9. The summed E-state index contributed by atoms with van der Waals surface area (Å²) >= 11 is 0. The second kappa shape index (κ2) is 10.8. The van der Waals surface area contributed by atoms with E-state index in [2.05, 4.69) is 5.32 Å². The largest absolute Gasteiger partial charge is 0.478 e. The molecule has 0 bridgehead atoms. The Balaban J connectivity index is 1.65. The number of aryl methyl sites for hydroxylation is 1. The van der Waals surface area contributed by atoms with E-state index < -0.39 is 28.8 Å². The van der Waals surface area contributed by atoms with Crippen molar-refractivity contribution in [3.05, 3.63) is 65.2 Å². The summed E-state index contributed by atoms with van der Waals surface area (Å²) < 4.78 is 44.5. The number of carbonyl (C=O) groups is 2. The Kier molecular flexibility index (Phi) is 8.21. The van der Waals surface area contributed by atoms with Crippen molar-refractivity contribution in [2.24, 2.45) is 0 Å². The number of carbonyl (C=O) groups excluding carboxylic acids is 1. The highest BCUT2D eigenvalue weighted by molar-refractivity contribution is 5.78. The zero-order valence-corrected chi connectivity index (χ0v) is 20.8. The van der Waals surface area contributed by atoms with Gasteiger partial charge in [-0.25, -0.2) is 9.59 Å². The van der Waals surface area contributed by atoms with E-state index in [1.54, 1.807) is 31.0 Å². The lowest BCUT2D eigenvalue weighted by Crippen LogP contribution is -2.46. The quantitative estimate of drug-likeness (QED) is 0.411. The lowest BCUT2D eigenvalue weighted by molar-refractivity contribution is -0.154. The summed E-state index contributed by atoms with van der Waals surface area (Å²) in [6.07, 6.45) is -0.731. The molecule has 2 aromatic carbocycles. The van der Waals surface area contributed by atoms with Gasteiger partial charge in [0.25, 0.3) is 0 Å². The number of likely N-dealkylation sites (N-methyl/N-ethyl adjacent to an activating group) is 1. The van der Waals surface area contributed by atoms with E-state index in [9.17, 15) is 27.9 Å². The fourth-order valence-corrected chi connectivity index (χ4v) is 4.69. The predicted molar refractivity (Wildman–Crippen MR) is 130 cm³/mol. The monoisotopic (exact) mass is 506 g/mol. The Morgan fingerprint density at radius 3 is 2.22 bits per heavy atom. The van der Waals surface area contributed by atoms with E-state index in [-0.39, 0.29) is 6.03 Å². The van der Waals surface area contributed by atoms with Gasteiger partial charge in [-0.1, -0.05) is 37.6 Å². The number of hydrogen-bond acceptors (Lipinski definition) is 3. The first-order chi connectivity index (χ1) is 16.9. The maximum absolute atomic E-state index is 12.9. The molecule has 2 amide bonds. The number of carboxylic acid groups (broad SMARTS) is 1. The molecule has 2 N–H and O–H groups in total. The van der Waals surface area contributed by atoms with E-state index in [4.69, 9.17) is 4.74 Å². The zero-order valence-electron chi connectivity index (χ0n) is 20.8. The number of hydrogen-bond donors (Lipinski definition) is 2. The molecule has 6 nitrogen and oxygen atoms in total. The number of amides is 2. The summed E-state index contributed by atoms with van der Waals surface area (Å²) in [4.78, 5) is 25.5. The highest BCUT2D eigenvalue weighted by atomic mass is 19.4. The van der Waals surface area contributed by atoms with Crippen LogP contribution in [-0.2, 0) is 23.8 Å². The van der Waals surface area contributed by atoms with Gasteiger partial charge in [0.15, 0.2) is 0 Å². The van der Waals surface area contributed by atoms with Crippen LogP contribution in [-0.4, -0.2) is 46.7 Å². The lowest BCUT2D eigenvalue weighted by Gasteiger charge is -2.35. The third-order valence-corrected chi connectivity index (χ3v) is 6.95. The van der Waals surface area contributed by atoms with E-state index in [0.29, 0.717) is 38.0 Å². The third kappa shape index (κ3) is 6.30.